The first kappa shape index (κ1) is 8.56. The van der Waals surface area contributed by atoms with Crippen molar-refractivity contribution in [1.82, 2.24) is 9.97 Å². The quantitative estimate of drug-likeness (QED) is 0.635. The van der Waals surface area contributed by atoms with Gasteiger partial charge in [0, 0.05) is 14.1 Å². The monoisotopic (exact) mass is 191 g/mol. The first-order chi connectivity index (χ1) is 5.13. The molecule has 0 radical (unpaired) electrons. The first-order valence-corrected chi connectivity index (χ1v) is 3.72. The van der Waals surface area contributed by atoms with E-state index >= 15 is 0 Å². The topological polar surface area (TPSA) is 29.0 Å². The van der Waals surface area contributed by atoms with E-state index in [4.69, 9.17) is 23.2 Å². The summed E-state index contributed by atoms with van der Waals surface area (Å²) in [6.45, 7) is 0. The molecule has 0 atom stereocenters. The molecule has 60 valence electrons. The summed E-state index contributed by atoms with van der Waals surface area (Å²) in [5.74, 6) is 0.631. The average molecular weight is 192 g/mol. The van der Waals surface area contributed by atoms with Gasteiger partial charge in [0.1, 0.15) is 11.3 Å². The van der Waals surface area contributed by atoms with Gasteiger partial charge in [-0.2, -0.15) is 0 Å². The summed E-state index contributed by atoms with van der Waals surface area (Å²) in [5.41, 5.74) is 0. The molecule has 0 N–H and O–H groups in total. The maximum atomic E-state index is 5.79. The third kappa shape index (κ3) is 1.73. The zero-order chi connectivity index (χ0) is 8.43. The molecule has 0 aliphatic heterocycles. The van der Waals surface area contributed by atoms with E-state index in [1.54, 1.807) is 4.90 Å². The minimum Gasteiger partial charge on any atom is -0.361 e. The van der Waals surface area contributed by atoms with Crippen LogP contribution in [0.15, 0.2) is 6.33 Å². The smallest absolute Gasteiger partial charge is 0.153 e. The highest BCUT2D eigenvalue weighted by Gasteiger charge is 2.07. The van der Waals surface area contributed by atoms with E-state index in [-0.39, 0.29) is 5.15 Å². The molecule has 0 fully saturated rings. The predicted octanol–water partition coefficient (Wildman–Crippen LogP) is 1.85. The van der Waals surface area contributed by atoms with Crippen LogP contribution in [0.4, 0.5) is 5.82 Å². The summed E-state index contributed by atoms with van der Waals surface area (Å²) in [6, 6.07) is 0. The Morgan fingerprint density at radius 2 is 1.91 bits per heavy atom. The zero-order valence-corrected chi connectivity index (χ0v) is 7.69. The summed E-state index contributed by atoms with van der Waals surface area (Å²) in [5, 5.41) is 0.671. The number of nitrogens with zero attached hydrogens (tertiary/aromatic N) is 3. The minimum atomic E-state index is 0.283. The number of rotatable bonds is 1. The van der Waals surface area contributed by atoms with E-state index < -0.39 is 0 Å². The van der Waals surface area contributed by atoms with Crippen LogP contribution in [0.3, 0.4) is 0 Å². The van der Waals surface area contributed by atoms with E-state index in [1.807, 2.05) is 14.1 Å². The Bertz CT molecular complexity index is 262. The van der Waals surface area contributed by atoms with Crippen LogP contribution in [0.1, 0.15) is 0 Å². The zero-order valence-electron chi connectivity index (χ0n) is 6.17. The van der Waals surface area contributed by atoms with Crippen molar-refractivity contribution in [2.24, 2.45) is 0 Å². The van der Waals surface area contributed by atoms with Gasteiger partial charge >= 0.3 is 0 Å². The third-order valence-electron chi connectivity index (χ3n) is 1.15. The highest BCUT2D eigenvalue weighted by Crippen LogP contribution is 2.26. The second kappa shape index (κ2) is 3.24. The molecule has 11 heavy (non-hydrogen) atoms. The normalized spacial score (nSPS) is 9.82. The molecular formula is C6H7Cl2N3. The summed E-state index contributed by atoms with van der Waals surface area (Å²) in [4.78, 5) is 9.43. The third-order valence-corrected chi connectivity index (χ3v) is 1.88. The van der Waals surface area contributed by atoms with Crippen molar-refractivity contribution < 1.29 is 0 Å². The van der Waals surface area contributed by atoms with E-state index in [9.17, 15) is 0 Å². The van der Waals surface area contributed by atoms with Crippen molar-refractivity contribution in [2.75, 3.05) is 19.0 Å². The van der Waals surface area contributed by atoms with Crippen LogP contribution < -0.4 is 4.90 Å². The molecule has 1 aromatic heterocycles. The number of hydrogen-bond donors (Lipinski definition) is 0. The molecule has 0 saturated carbocycles. The van der Waals surface area contributed by atoms with Gasteiger partial charge in [-0.25, -0.2) is 9.97 Å². The van der Waals surface area contributed by atoms with Crippen molar-refractivity contribution in [3.63, 3.8) is 0 Å². The molecule has 1 aromatic rings. The molecule has 0 amide bonds. The molecule has 0 saturated heterocycles. The Morgan fingerprint density at radius 1 is 1.27 bits per heavy atom. The van der Waals surface area contributed by atoms with E-state index in [0.29, 0.717) is 10.8 Å². The standard InChI is InChI=1S/C6H7Cl2N3/c1-11(2)6-4(7)5(8)9-3-10-6/h3H,1-2H3. The van der Waals surface area contributed by atoms with Crippen molar-refractivity contribution >= 4 is 29.0 Å². The average Bonchev–Trinajstić information content (AvgIpc) is 1.94. The van der Waals surface area contributed by atoms with E-state index in [2.05, 4.69) is 9.97 Å². The first-order valence-electron chi connectivity index (χ1n) is 2.96. The van der Waals surface area contributed by atoms with Gasteiger partial charge < -0.3 is 4.90 Å². The molecule has 1 heterocycles. The molecule has 1 rings (SSSR count). The lowest BCUT2D eigenvalue weighted by Crippen LogP contribution is -2.11. The van der Waals surface area contributed by atoms with Crippen LogP contribution in [-0.2, 0) is 0 Å². The Balaban J connectivity index is 3.17. The number of anilines is 1. The molecule has 0 bridgehead atoms. The maximum absolute atomic E-state index is 5.79. The second-order valence-electron chi connectivity index (χ2n) is 2.20. The van der Waals surface area contributed by atoms with Crippen LogP contribution >= 0.6 is 23.2 Å². The van der Waals surface area contributed by atoms with Crippen LogP contribution in [0, 0.1) is 0 Å². The van der Waals surface area contributed by atoms with Gasteiger partial charge in [-0.1, -0.05) is 23.2 Å². The fourth-order valence-electron chi connectivity index (χ4n) is 0.652. The highest BCUT2D eigenvalue weighted by atomic mass is 35.5. The van der Waals surface area contributed by atoms with Gasteiger partial charge in [-0.15, -0.1) is 0 Å². The molecule has 0 aliphatic carbocycles. The Labute approximate surface area is 75.0 Å². The van der Waals surface area contributed by atoms with Gasteiger partial charge in [0.05, 0.1) is 0 Å². The molecule has 0 aliphatic rings. The van der Waals surface area contributed by atoms with Crippen molar-refractivity contribution in [3.8, 4) is 0 Å². The van der Waals surface area contributed by atoms with Gasteiger partial charge in [-0.05, 0) is 0 Å². The lowest BCUT2D eigenvalue weighted by molar-refractivity contribution is 1.04. The summed E-state index contributed by atoms with van der Waals surface area (Å²) >= 11 is 11.4. The van der Waals surface area contributed by atoms with E-state index in [0.717, 1.165) is 0 Å². The van der Waals surface area contributed by atoms with Crippen molar-refractivity contribution in [2.45, 2.75) is 0 Å². The summed E-state index contributed by atoms with van der Waals surface area (Å²) in [7, 11) is 3.68. The van der Waals surface area contributed by atoms with Crippen molar-refractivity contribution in [1.29, 1.82) is 0 Å². The largest absolute Gasteiger partial charge is 0.361 e. The maximum Gasteiger partial charge on any atom is 0.153 e. The fraction of sp³-hybridized carbons (Fsp3) is 0.333. The Hall–Kier alpha value is -0.540. The minimum absolute atomic E-state index is 0.283. The van der Waals surface area contributed by atoms with Gasteiger partial charge in [-0.3, -0.25) is 0 Å². The highest BCUT2D eigenvalue weighted by molar-refractivity contribution is 6.42. The molecular weight excluding hydrogens is 185 g/mol. The van der Waals surface area contributed by atoms with Crippen LogP contribution in [-0.4, -0.2) is 24.1 Å². The lowest BCUT2D eigenvalue weighted by atomic mass is 10.5. The number of halogens is 2. The van der Waals surface area contributed by atoms with Crippen LogP contribution in [0.25, 0.3) is 0 Å². The fourth-order valence-corrected chi connectivity index (χ4v) is 1.05. The second-order valence-corrected chi connectivity index (χ2v) is 2.93. The van der Waals surface area contributed by atoms with E-state index in [1.165, 1.54) is 6.33 Å². The SMILES string of the molecule is CN(C)c1ncnc(Cl)c1Cl. The van der Waals surface area contributed by atoms with Gasteiger partial charge in [0.25, 0.3) is 0 Å². The summed E-state index contributed by atoms with van der Waals surface area (Å²) < 4.78 is 0. The Kier molecular flexibility index (Phi) is 2.52. The molecule has 0 aromatic carbocycles. The predicted molar refractivity (Wildman–Crippen MR) is 46.4 cm³/mol. The number of aromatic nitrogens is 2. The van der Waals surface area contributed by atoms with Crippen LogP contribution in [0.2, 0.25) is 10.2 Å². The van der Waals surface area contributed by atoms with Crippen LogP contribution in [0.5, 0.6) is 0 Å². The molecule has 3 nitrogen and oxygen atoms in total. The molecule has 5 heteroatoms. The molecule has 0 unspecified atom stereocenters. The van der Waals surface area contributed by atoms with Crippen molar-refractivity contribution in [3.05, 3.63) is 16.5 Å². The van der Waals surface area contributed by atoms with Gasteiger partial charge in [0.2, 0.25) is 0 Å². The molecule has 0 spiro atoms. The lowest BCUT2D eigenvalue weighted by Gasteiger charge is -2.11. The summed E-state index contributed by atoms with van der Waals surface area (Å²) in [6.07, 6.45) is 1.38. The number of hydrogen-bond acceptors (Lipinski definition) is 3. The Morgan fingerprint density at radius 3 is 2.36 bits per heavy atom. The van der Waals surface area contributed by atoms with Gasteiger partial charge in [0.15, 0.2) is 11.0 Å².